The van der Waals surface area contributed by atoms with Gasteiger partial charge in [0, 0.05) is 19.1 Å². The summed E-state index contributed by atoms with van der Waals surface area (Å²) >= 11 is 0. The van der Waals surface area contributed by atoms with Crippen LogP contribution in [0.15, 0.2) is 30.5 Å². The highest BCUT2D eigenvalue weighted by molar-refractivity contribution is 5.92. The Morgan fingerprint density at radius 2 is 2.13 bits per heavy atom. The van der Waals surface area contributed by atoms with Crippen molar-refractivity contribution in [1.82, 2.24) is 19.9 Å². The summed E-state index contributed by atoms with van der Waals surface area (Å²) in [6, 6.07) is 5.82. The van der Waals surface area contributed by atoms with Gasteiger partial charge in [-0.05, 0) is 43.0 Å². The lowest BCUT2D eigenvalue weighted by molar-refractivity contribution is 0.0526. The highest BCUT2D eigenvalue weighted by atomic mass is 19.1. The van der Waals surface area contributed by atoms with Crippen LogP contribution in [0.25, 0.3) is 5.69 Å². The molecule has 1 aromatic heterocycles. The summed E-state index contributed by atoms with van der Waals surface area (Å²) in [6.45, 7) is 3.25. The number of likely N-dealkylation sites (tertiary alicyclic amines) is 1. The molecule has 0 aliphatic carbocycles. The van der Waals surface area contributed by atoms with Crippen LogP contribution < -0.4 is 5.73 Å². The molecule has 2 aromatic rings. The Morgan fingerprint density at radius 3 is 2.83 bits per heavy atom. The number of piperidine rings is 1. The third-order valence-electron chi connectivity index (χ3n) is 4.39. The third kappa shape index (κ3) is 3.10. The second-order valence-corrected chi connectivity index (χ2v) is 5.92. The summed E-state index contributed by atoms with van der Waals surface area (Å²) in [5.74, 6) is -0.101. The summed E-state index contributed by atoms with van der Waals surface area (Å²) in [4.78, 5) is 15.8. The molecule has 0 spiro atoms. The molecule has 2 N–H and O–H groups in total. The van der Waals surface area contributed by atoms with Gasteiger partial charge in [0.2, 0.25) is 0 Å². The molecule has 0 radical (unpaired) electrons. The van der Waals surface area contributed by atoms with E-state index in [-0.39, 0.29) is 23.5 Å². The Labute approximate surface area is 134 Å². The van der Waals surface area contributed by atoms with Crippen LogP contribution in [0.5, 0.6) is 0 Å². The number of carbonyl (C=O) groups excluding carboxylic acids is 1. The first kappa shape index (κ1) is 15.6. The second-order valence-electron chi connectivity index (χ2n) is 5.92. The Kier molecular flexibility index (Phi) is 4.38. The topological polar surface area (TPSA) is 77.0 Å². The van der Waals surface area contributed by atoms with Gasteiger partial charge in [0.15, 0.2) is 5.69 Å². The van der Waals surface area contributed by atoms with Crippen LogP contribution in [-0.2, 0) is 0 Å². The molecule has 0 saturated carbocycles. The maximum atomic E-state index is 13.0. The maximum absolute atomic E-state index is 13.0. The van der Waals surface area contributed by atoms with Crippen molar-refractivity contribution in [3.05, 3.63) is 42.0 Å². The van der Waals surface area contributed by atoms with Gasteiger partial charge in [-0.15, -0.1) is 5.10 Å². The molecule has 1 aliphatic heterocycles. The number of hydrogen-bond acceptors (Lipinski definition) is 4. The van der Waals surface area contributed by atoms with E-state index in [0.29, 0.717) is 24.7 Å². The van der Waals surface area contributed by atoms with Crippen molar-refractivity contribution in [3.8, 4) is 5.69 Å². The molecule has 1 aromatic carbocycles. The predicted octanol–water partition coefficient (Wildman–Crippen LogP) is 1.61. The monoisotopic (exact) mass is 317 g/mol. The SMILES string of the molecule is C[C@@H]1CCCN(C(=O)c2cnn(-c3ccc(F)cc3)n2)[C@H]1CN. The molecule has 2 atom stereocenters. The number of nitrogens with two attached hydrogens (primary N) is 1. The minimum Gasteiger partial charge on any atom is -0.333 e. The molecule has 23 heavy (non-hydrogen) atoms. The van der Waals surface area contributed by atoms with Gasteiger partial charge in [0.05, 0.1) is 11.9 Å². The first-order valence-corrected chi connectivity index (χ1v) is 7.79. The van der Waals surface area contributed by atoms with Crippen molar-refractivity contribution >= 4 is 5.91 Å². The molecule has 6 nitrogen and oxygen atoms in total. The largest absolute Gasteiger partial charge is 0.333 e. The van der Waals surface area contributed by atoms with E-state index in [1.807, 2.05) is 0 Å². The normalized spacial score (nSPS) is 21.4. The van der Waals surface area contributed by atoms with Gasteiger partial charge in [-0.25, -0.2) is 4.39 Å². The number of hydrogen-bond donors (Lipinski definition) is 1. The van der Waals surface area contributed by atoms with Gasteiger partial charge < -0.3 is 10.6 Å². The first-order valence-electron chi connectivity index (χ1n) is 7.79. The van der Waals surface area contributed by atoms with Crippen LogP contribution in [0.1, 0.15) is 30.3 Å². The summed E-state index contributed by atoms with van der Waals surface area (Å²) in [5, 5.41) is 8.34. The molecule has 3 rings (SSSR count). The number of rotatable bonds is 3. The number of amides is 1. The molecule has 0 bridgehead atoms. The molecule has 1 saturated heterocycles. The van der Waals surface area contributed by atoms with Crippen molar-refractivity contribution in [1.29, 1.82) is 0 Å². The molecule has 1 amide bonds. The smallest absolute Gasteiger partial charge is 0.276 e. The quantitative estimate of drug-likeness (QED) is 0.933. The average Bonchev–Trinajstić information content (AvgIpc) is 3.04. The van der Waals surface area contributed by atoms with E-state index in [1.54, 1.807) is 17.0 Å². The number of halogens is 1. The summed E-state index contributed by atoms with van der Waals surface area (Å²) in [7, 11) is 0. The molecule has 1 aliphatic rings. The van der Waals surface area contributed by atoms with Gasteiger partial charge in [0.25, 0.3) is 5.91 Å². The zero-order chi connectivity index (χ0) is 16.4. The number of carbonyl (C=O) groups is 1. The highest BCUT2D eigenvalue weighted by Crippen LogP contribution is 2.24. The molecular formula is C16H20FN5O. The van der Waals surface area contributed by atoms with Crippen LogP contribution in [0, 0.1) is 11.7 Å². The van der Waals surface area contributed by atoms with Crippen molar-refractivity contribution in [2.45, 2.75) is 25.8 Å². The van der Waals surface area contributed by atoms with Gasteiger partial charge in [-0.2, -0.15) is 9.90 Å². The van der Waals surface area contributed by atoms with Crippen molar-refractivity contribution in [2.24, 2.45) is 11.7 Å². The van der Waals surface area contributed by atoms with Crippen LogP contribution in [0.3, 0.4) is 0 Å². The fourth-order valence-electron chi connectivity index (χ4n) is 3.07. The van der Waals surface area contributed by atoms with E-state index in [4.69, 9.17) is 5.73 Å². The van der Waals surface area contributed by atoms with Crippen LogP contribution in [0.4, 0.5) is 4.39 Å². The zero-order valence-corrected chi connectivity index (χ0v) is 13.0. The lowest BCUT2D eigenvalue weighted by atomic mass is 9.90. The Hall–Kier alpha value is -2.28. The Morgan fingerprint density at radius 1 is 1.39 bits per heavy atom. The van der Waals surface area contributed by atoms with E-state index in [9.17, 15) is 9.18 Å². The van der Waals surface area contributed by atoms with Gasteiger partial charge in [-0.3, -0.25) is 4.79 Å². The fourth-order valence-corrected chi connectivity index (χ4v) is 3.07. The average molecular weight is 317 g/mol. The van der Waals surface area contributed by atoms with Gasteiger partial charge in [-0.1, -0.05) is 6.92 Å². The van der Waals surface area contributed by atoms with Crippen molar-refractivity contribution in [2.75, 3.05) is 13.1 Å². The van der Waals surface area contributed by atoms with E-state index < -0.39 is 0 Å². The number of nitrogens with zero attached hydrogens (tertiary/aromatic N) is 4. The minimum atomic E-state index is -0.328. The lowest BCUT2D eigenvalue weighted by Gasteiger charge is -2.39. The Balaban J connectivity index is 1.82. The Bertz CT molecular complexity index is 684. The van der Waals surface area contributed by atoms with E-state index in [2.05, 4.69) is 17.1 Å². The number of aromatic nitrogens is 3. The first-order chi connectivity index (χ1) is 11.1. The summed E-state index contributed by atoms with van der Waals surface area (Å²) in [5.41, 5.74) is 6.72. The van der Waals surface area contributed by atoms with E-state index >= 15 is 0 Å². The predicted molar refractivity (Wildman–Crippen MR) is 83.6 cm³/mol. The fraction of sp³-hybridized carbons (Fsp3) is 0.438. The highest BCUT2D eigenvalue weighted by Gasteiger charge is 2.32. The third-order valence-corrected chi connectivity index (χ3v) is 4.39. The summed E-state index contributed by atoms with van der Waals surface area (Å²) in [6.07, 6.45) is 3.49. The second kappa shape index (κ2) is 6.45. The van der Waals surface area contributed by atoms with Gasteiger partial charge >= 0.3 is 0 Å². The maximum Gasteiger partial charge on any atom is 0.276 e. The minimum absolute atomic E-state index is 0.0345. The molecular weight excluding hydrogens is 297 g/mol. The number of benzene rings is 1. The van der Waals surface area contributed by atoms with E-state index in [1.165, 1.54) is 23.1 Å². The van der Waals surface area contributed by atoms with Gasteiger partial charge in [0.1, 0.15) is 5.82 Å². The molecule has 2 heterocycles. The van der Waals surface area contributed by atoms with Crippen LogP contribution in [-0.4, -0.2) is 44.9 Å². The zero-order valence-electron chi connectivity index (χ0n) is 13.0. The molecule has 1 fully saturated rings. The van der Waals surface area contributed by atoms with Crippen molar-refractivity contribution < 1.29 is 9.18 Å². The summed E-state index contributed by atoms with van der Waals surface area (Å²) < 4.78 is 13.0. The van der Waals surface area contributed by atoms with Crippen LogP contribution >= 0.6 is 0 Å². The van der Waals surface area contributed by atoms with Crippen LogP contribution in [0.2, 0.25) is 0 Å². The molecule has 7 heteroatoms. The van der Waals surface area contributed by atoms with Crippen molar-refractivity contribution in [3.63, 3.8) is 0 Å². The molecule has 122 valence electrons. The van der Waals surface area contributed by atoms with E-state index in [0.717, 1.165) is 12.8 Å². The standard InChI is InChI=1S/C16H20FN5O/c1-11-3-2-8-21(15(11)9-18)16(23)14-10-19-22(20-14)13-6-4-12(17)5-7-13/h4-7,10-11,15H,2-3,8-9,18H2,1H3/t11-,15+/m1/s1. The lowest BCUT2D eigenvalue weighted by Crippen LogP contribution is -2.51. The molecule has 0 unspecified atom stereocenters.